The predicted octanol–water partition coefficient (Wildman–Crippen LogP) is 1.59. The molecule has 1 aromatic rings. The summed E-state index contributed by atoms with van der Waals surface area (Å²) in [6, 6.07) is -0.287. The minimum atomic E-state index is -2.54. The molecule has 0 radical (unpaired) electrons. The number of rotatable bonds is 4. The molecule has 0 bridgehead atoms. The molecule has 2 heterocycles. The Kier molecular flexibility index (Phi) is 5.88. The molecule has 0 fully saturated rings. The van der Waals surface area contributed by atoms with Crippen molar-refractivity contribution in [3.8, 4) is 0 Å². The van der Waals surface area contributed by atoms with Gasteiger partial charge < -0.3 is 10.2 Å². The maximum absolute atomic E-state index is 12.6. The van der Waals surface area contributed by atoms with Gasteiger partial charge in [-0.15, -0.1) is 12.4 Å². The zero-order chi connectivity index (χ0) is 14.0. The molecule has 0 aliphatic carbocycles. The highest BCUT2D eigenvalue weighted by Crippen LogP contribution is 2.18. The Hall–Kier alpha value is -1.21. The van der Waals surface area contributed by atoms with Crippen LogP contribution in [-0.2, 0) is 13.0 Å². The van der Waals surface area contributed by atoms with Crippen molar-refractivity contribution in [3.63, 3.8) is 0 Å². The van der Waals surface area contributed by atoms with Gasteiger partial charge in [0, 0.05) is 36.8 Å². The van der Waals surface area contributed by atoms with Crippen LogP contribution in [0.25, 0.3) is 0 Å². The van der Waals surface area contributed by atoms with Gasteiger partial charge in [0.2, 0.25) is 0 Å². The van der Waals surface area contributed by atoms with Crippen molar-refractivity contribution in [1.29, 1.82) is 0 Å². The molecule has 2 rings (SSSR count). The lowest BCUT2D eigenvalue weighted by atomic mass is 10.1. The highest BCUT2D eigenvalue weighted by molar-refractivity contribution is 5.94. The number of nitrogens with one attached hydrogen (secondary N) is 2. The van der Waals surface area contributed by atoms with Gasteiger partial charge in [-0.25, -0.2) is 8.78 Å². The highest BCUT2D eigenvalue weighted by atomic mass is 35.5. The molecular formula is C12H19ClF2N4O. The van der Waals surface area contributed by atoms with Crippen molar-refractivity contribution < 1.29 is 13.6 Å². The fourth-order valence-electron chi connectivity index (χ4n) is 2.22. The molecule has 1 amide bonds. The maximum atomic E-state index is 12.6. The van der Waals surface area contributed by atoms with Gasteiger partial charge in [-0.1, -0.05) is 0 Å². The van der Waals surface area contributed by atoms with Crippen LogP contribution in [0.5, 0.6) is 0 Å². The zero-order valence-electron chi connectivity index (χ0n) is 11.4. The van der Waals surface area contributed by atoms with E-state index in [9.17, 15) is 13.6 Å². The number of carbonyl (C=O) groups is 1. The highest BCUT2D eigenvalue weighted by Gasteiger charge is 2.28. The molecule has 20 heavy (non-hydrogen) atoms. The quantitative estimate of drug-likeness (QED) is 0.888. The minimum absolute atomic E-state index is 0. The maximum Gasteiger partial charge on any atom is 0.275 e. The summed E-state index contributed by atoms with van der Waals surface area (Å²) >= 11 is 0. The molecule has 8 heteroatoms. The molecule has 1 aromatic heterocycles. The van der Waals surface area contributed by atoms with Gasteiger partial charge in [-0.2, -0.15) is 5.10 Å². The first-order valence-electron chi connectivity index (χ1n) is 6.36. The second-order valence-corrected chi connectivity index (χ2v) is 4.90. The normalized spacial score (nSPS) is 14.1. The summed E-state index contributed by atoms with van der Waals surface area (Å²) < 4.78 is 25.1. The van der Waals surface area contributed by atoms with Crippen molar-refractivity contribution in [3.05, 3.63) is 17.0 Å². The van der Waals surface area contributed by atoms with Gasteiger partial charge in [-0.05, 0) is 13.8 Å². The van der Waals surface area contributed by atoms with Crippen LogP contribution in [-0.4, -0.2) is 46.6 Å². The SMILES string of the molecule is CC(C)N(CC(F)F)C(=O)c1n[nH]c2c1CNCC2.Cl. The number of carbonyl (C=O) groups excluding carboxylic acids is 1. The number of nitrogens with zero attached hydrogens (tertiary/aromatic N) is 2. The van der Waals surface area contributed by atoms with Gasteiger partial charge in [-0.3, -0.25) is 9.89 Å². The summed E-state index contributed by atoms with van der Waals surface area (Å²) in [5.74, 6) is -0.434. The molecule has 1 aliphatic rings. The third-order valence-corrected chi connectivity index (χ3v) is 3.23. The first-order valence-corrected chi connectivity index (χ1v) is 6.36. The van der Waals surface area contributed by atoms with E-state index in [1.165, 1.54) is 0 Å². The third kappa shape index (κ3) is 3.46. The summed E-state index contributed by atoms with van der Waals surface area (Å²) in [4.78, 5) is 13.5. The Bertz CT molecular complexity index is 464. The van der Waals surface area contributed by atoms with Crippen LogP contribution in [0.15, 0.2) is 0 Å². The number of fused-ring (bicyclic) bond motifs is 1. The number of halogens is 3. The molecule has 114 valence electrons. The zero-order valence-corrected chi connectivity index (χ0v) is 12.3. The number of hydrogen-bond donors (Lipinski definition) is 2. The van der Waals surface area contributed by atoms with Gasteiger partial charge in [0.1, 0.15) is 0 Å². The van der Waals surface area contributed by atoms with E-state index in [-0.39, 0.29) is 24.1 Å². The number of hydrogen-bond acceptors (Lipinski definition) is 3. The monoisotopic (exact) mass is 308 g/mol. The van der Waals surface area contributed by atoms with Crippen molar-refractivity contribution in [1.82, 2.24) is 20.4 Å². The van der Waals surface area contributed by atoms with Crippen LogP contribution in [0.3, 0.4) is 0 Å². The van der Waals surface area contributed by atoms with E-state index in [1.807, 2.05) is 0 Å². The molecule has 1 aliphatic heterocycles. The Labute approximate surface area is 122 Å². The predicted molar refractivity (Wildman–Crippen MR) is 73.4 cm³/mol. The molecule has 0 unspecified atom stereocenters. The molecule has 0 spiro atoms. The third-order valence-electron chi connectivity index (χ3n) is 3.23. The average Bonchev–Trinajstić information content (AvgIpc) is 2.78. The van der Waals surface area contributed by atoms with Gasteiger partial charge in [0.05, 0.1) is 6.54 Å². The molecule has 0 aromatic carbocycles. The lowest BCUT2D eigenvalue weighted by molar-refractivity contribution is 0.0470. The number of aromatic amines is 1. The largest absolute Gasteiger partial charge is 0.329 e. The summed E-state index contributed by atoms with van der Waals surface area (Å²) in [6.45, 7) is 4.25. The van der Waals surface area contributed by atoms with E-state index < -0.39 is 18.9 Å². The van der Waals surface area contributed by atoms with E-state index >= 15 is 0 Å². The minimum Gasteiger partial charge on any atom is -0.329 e. The number of aromatic nitrogens is 2. The van der Waals surface area contributed by atoms with Crippen LogP contribution in [0.1, 0.15) is 35.6 Å². The molecule has 0 atom stereocenters. The number of H-pyrrole nitrogens is 1. The lowest BCUT2D eigenvalue weighted by Gasteiger charge is -2.26. The van der Waals surface area contributed by atoms with Crippen LogP contribution in [0.2, 0.25) is 0 Å². The first-order chi connectivity index (χ1) is 9.00. The molecule has 5 nitrogen and oxygen atoms in total. The summed E-state index contributed by atoms with van der Waals surface area (Å²) in [6.07, 6.45) is -1.77. The van der Waals surface area contributed by atoms with Crippen molar-refractivity contribution >= 4 is 18.3 Å². The van der Waals surface area contributed by atoms with Gasteiger partial charge >= 0.3 is 0 Å². The van der Waals surface area contributed by atoms with E-state index in [0.29, 0.717) is 6.54 Å². The molecule has 2 N–H and O–H groups in total. The average molecular weight is 309 g/mol. The van der Waals surface area contributed by atoms with Crippen LogP contribution in [0, 0.1) is 0 Å². The van der Waals surface area contributed by atoms with Crippen LogP contribution < -0.4 is 5.32 Å². The fourth-order valence-corrected chi connectivity index (χ4v) is 2.22. The Morgan fingerprint density at radius 3 is 2.75 bits per heavy atom. The topological polar surface area (TPSA) is 61.0 Å². The molecule has 0 saturated carbocycles. The Morgan fingerprint density at radius 1 is 1.45 bits per heavy atom. The van der Waals surface area contributed by atoms with Gasteiger partial charge in [0.25, 0.3) is 12.3 Å². The van der Waals surface area contributed by atoms with Crippen molar-refractivity contribution in [2.75, 3.05) is 13.1 Å². The fraction of sp³-hybridized carbons (Fsp3) is 0.667. The van der Waals surface area contributed by atoms with Crippen molar-refractivity contribution in [2.24, 2.45) is 0 Å². The second-order valence-electron chi connectivity index (χ2n) is 4.90. The smallest absolute Gasteiger partial charge is 0.275 e. The van der Waals surface area contributed by atoms with Crippen LogP contribution >= 0.6 is 12.4 Å². The standard InChI is InChI=1S/C12H18F2N4O.ClH/c1-7(2)18(6-10(13)14)12(19)11-8-5-15-4-3-9(8)16-17-11;/h7,10,15H,3-6H2,1-2H3,(H,16,17);1H. The molecular weight excluding hydrogens is 290 g/mol. The van der Waals surface area contributed by atoms with E-state index in [2.05, 4.69) is 15.5 Å². The Balaban J connectivity index is 0.00000200. The Morgan fingerprint density at radius 2 is 2.15 bits per heavy atom. The first kappa shape index (κ1) is 16.8. The summed E-state index contributed by atoms with van der Waals surface area (Å²) in [5.41, 5.74) is 1.98. The molecule has 0 saturated heterocycles. The van der Waals surface area contributed by atoms with Crippen molar-refractivity contribution in [2.45, 2.75) is 39.3 Å². The lowest BCUT2D eigenvalue weighted by Crippen LogP contribution is -2.41. The second kappa shape index (κ2) is 6.99. The summed E-state index contributed by atoms with van der Waals surface area (Å²) in [7, 11) is 0. The number of alkyl halides is 2. The van der Waals surface area contributed by atoms with E-state index in [1.54, 1.807) is 13.8 Å². The van der Waals surface area contributed by atoms with Gasteiger partial charge in [0.15, 0.2) is 5.69 Å². The van der Waals surface area contributed by atoms with Crippen LogP contribution in [0.4, 0.5) is 8.78 Å². The van der Waals surface area contributed by atoms with E-state index in [4.69, 9.17) is 0 Å². The van der Waals surface area contributed by atoms with E-state index in [0.717, 1.165) is 29.1 Å². The number of amides is 1. The summed E-state index contributed by atoms with van der Waals surface area (Å²) in [5, 5.41) is 9.99.